The fourth-order valence-electron chi connectivity index (χ4n) is 9.37. The Morgan fingerprint density at radius 3 is 1.03 bits per heavy atom. The fraction of sp³-hybridized carbons (Fsp3) is 0.0189. The minimum atomic E-state index is -7.22. The molecule has 0 saturated heterocycles. The van der Waals surface area contributed by atoms with E-state index in [2.05, 4.69) is 59.2 Å². The number of aromatic nitrogens is 1. The summed E-state index contributed by atoms with van der Waals surface area (Å²) in [7, 11) is 0. The molecule has 2 nitrogen and oxygen atoms in total. The van der Waals surface area contributed by atoms with E-state index in [-0.39, 0.29) is 5.78 Å². The van der Waals surface area contributed by atoms with Crippen molar-refractivity contribution in [3.63, 3.8) is 0 Å². The topological polar surface area (TPSA) is 20.9 Å². The van der Waals surface area contributed by atoms with Crippen molar-refractivity contribution in [3.8, 4) is 0 Å². The van der Waals surface area contributed by atoms with E-state index in [4.69, 9.17) is 0 Å². The highest BCUT2D eigenvalue weighted by molar-refractivity contribution is 7.20. The molecule has 0 aliphatic rings. The highest BCUT2D eigenvalue weighted by atomic mass is 32.1. The van der Waals surface area contributed by atoms with E-state index in [1.807, 2.05) is 54.6 Å². The van der Waals surface area contributed by atoms with Crippen LogP contribution in [0.2, 0.25) is 0 Å². The lowest BCUT2D eigenvalue weighted by atomic mass is 9.12. The first kappa shape index (κ1) is 53.5. The van der Waals surface area contributed by atoms with E-state index in [0.717, 1.165) is 42.3 Å². The van der Waals surface area contributed by atoms with Crippen LogP contribution in [0.15, 0.2) is 109 Å². The third-order valence-electron chi connectivity index (χ3n) is 12.7. The molecule has 0 N–H and O–H groups in total. The number of rotatable bonds is 8. The van der Waals surface area contributed by atoms with Gasteiger partial charge in [-0.25, -0.2) is 87.8 Å². The molecule has 0 fully saturated rings. The predicted molar refractivity (Wildman–Crippen MR) is 242 cm³/mol. The maximum Gasteiger partial charge on any atom is 0.311 e. The normalized spacial score (nSPS) is 11.7. The van der Waals surface area contributed by atoms with Crippen molar-refractivity contribution in [2.75, 3.05) is 0 Å². The third-order valence-corrected chi connectivity index (χ3v) is 13.9. The number of nitrogens with zero attached hydrogens (tertiary/aromatic N) is 1. The summed E-state index contributed by atoms with van der Waals surface area (Å²) in [5.74, 6) is -71.3. The van der Waals surface area contributed by atoms with Crippen LogP contribution in [-0.2, 0) is 6.54 Å². The van der Waals surface area contributed by atoms with Gasteiger partial charge in [0.2, 0.25) is 5.52 Å². The third kappa shape index (κ3) is 8.21. The van der Waals surface area contributed by atoms with Crippen molar-refractivity contribution in [1.29, 1.82) is 0 Å². The Bertz CT molecular complexity index is 3680. The molecule has 77 heavy (non-hydrogen) atoms. The number of carbonyl (C=O) groups is 1. The van der Waals surface area contributed by atoms with E-state index < -0.39 is 144 Å². The van der Waals surface area contributed by atoms with E-state index in [0.29, 0.717) is 6.54 Å². The summed E-state index contributed by atoms with van der Waals surface area (Å²) in [5.41, 5.74) is -11.3. The molecule has 0 atom stereocenters. The number of hydrogen-bond acceptors (Lipinski definition) is 2. The molecule has 10 aromatic rings. The average molecular weight is 1110 g/mol. The molecule has 0 saturated carbocycles. The van der Waals surface area contributed by atoms with Gasteiger partial charge in [0.25, 0.3) is 5.78 Å². The van der Waals surface area contributed by atoms with Crippen LogP contribution in [0.5, 0.6) is 0 Å². The minimum Gasteiger partial charge on any atom is -0.281 e. The summed E-state index contributed by atoms with van der Waals surface area (Å²) in [4.78, 5) is 14.2. The summed E-state index contributed by atoms with van der Waals surface area (Å²) >= 11 is 1.58. The first-order valence-corrected chi connectivity index (χ1v) is 22.5. The van der Waals surface area contributed by atoms with Gasteiger partial charge in [0.05, 0.1) is 0 Å². The van der Waals surface area contributed by atoms with Gasteiger partial charge in [-0.15, -0.1) is 21.9 Å². The van der Waals surface area contributed by atoms with Crippen LogP contribution >= 0.6 is 11.3 Å². The summed E-state index contributed by atoms with van der Waals surface area (Å²) in [6.07, 6.45) is -7.22. The van der Waals surface area contributed by atoms with Crippen molar-refractivity contribution in [3.05, 3.63) is 242 Å². The molecule has 0 spiro atoms. The van der Waals surface area contributed by atoms with Crippen LogP contribution in [0.1, 0.15) is 20.9 Å². The number of halogens is 20. The minimum absolute atomic E-state index is 0.0788. The van der Waals surface area contributed by atoms with E-state index >= 15 is 35.1 Å². The zero-order chi connectivity index (χ0) is 55.8. The number of thiazole rings is 1. The predicted octanol–water partition coefficient (Wildman–Crippen LogP) is 12.6. The van der Waals surface area contributed by atoms with Crippen LogP contribution in [0.25, 0.3) is 31.8 Å². The first-order valence-electron chi connectivity index (χ1n) is 21.6. The van der Waals surface area contributed by atoms with E-state index in [9.17, 15) is 57.5 Å². The summed E-state index contributed by atoms with van der Waals surface area (Å²) < 4.78 is 297. The zero-order valence-electron chi connectivity index (χ0n) is 37.5. The largest absolute Gasteiger partial charge is 0.311 e. The molecule has 1 heterocycles. The van der Waals surface area contributed by atoms with Gasteiger partial charge in [0, 0.05) is 17.2 Å². The number of carbonyl (C=O) groups excluding carboxylic acids is 1. The van der Waals surface area contributed by atoms with E-state index in [1.54, 1.807) is 11.3 Å². The van der Waals surface area contributed by atoms with Gasteiger partial charge in [-0.3, -0.25) is 4.79 Å². The van der Waals surface area contributed by atoms with Crippen LogP contribution in [0.3, 0.4) is 0 Å². The molecule has 24 heteroatoms. The van der Waals surface area contributed by atoms with Crippen molar-refractivity contribution >= 4 is 76.9 Å². The lowest BCUT2D eigenvalue weighted by Crippen LogP contribution is -2.81. The molecule has 0 aliphatic carbocycles. The molecule has 0 unspecified atom stereocenters. The summed E-state index contributed by atoms with van der Waals surface area (Å²) in [5, 5.41) is 4.94. The number of para-hydroxylation sites is 1. The van der Waals surface area contributed by atoms with Crippen molar-refractivity contribution in [1.82, 2.24) is 0 Å². The summed E-state index contributed by atoms with van der Waals surface area (Å²) in [6, 6.07) is 37.2. The van der Waals surface area contributed by atoms with E-state index in [1.165, 1.54) is 5.56 Å². The molecule has 392 valence electrons. The van der Waals surface area contributed by atoms with Gasteiger partial charge in [0.1, 0.15) is 57.4 Å². The van der Waals surface area contributed by atoms with Crippen molar-refractivity contribution in [2.45, 2.75) is 6.54 Å². The Kier molecular flexibility index (Phi) is 13.9. The van der Waals surface area contributed by atoms with Gasteiger partial charge in [0.15, 0.2) is 76.4 Å². The molecule has 0 aliphatic heterocycles. The lowest BCUT2D eigenvalue weighted by Gasteiger charge is -2.44. The monoisotopic (exact) mass is 1110 g/mol. The number of ketones is 1. The maximum absolute atomic E-state index is 15.4. The Morgan fingerprint density at radius 1 is 0.364 bits per heavy atom. The Labute approximate surface area is 421 Å². The molecule has 10 rings (SSSR count). The molecular formula is C53H20BF20NOS. The standard InChI is InChI=1S/C29H20NOS.C24BF20/c31-28(27-23-14-6-4-12-21(23)18-22-13-5-7-15-24(22)27)29-30(19-20-10-2-1-3-11-20)25-16-8-9-17-26(25)32-29;26-5-1(6(27)14(35)21(42)13(5)34)25(2-7(28)15(36)22(43)16(37)8(2)29,3-9(30)17(38)23(44)18(39)10(3)31)4-11(32)19(40)24(45)20(41)12(4)33/h1-18H,19H2;/q+1;-1. The van der Waals surface area contributed by atoms with Gasteiger partial charge < -0.3 is 0 Å². The SMILES string of the molecule is Fc1c(F)c(F)c([B-](c2c(F)c(F)c(F)c(F)c2F)(c2c(F)c(F)c(F)c(F)c2F)c2c(F)c(F)c(F)c(F)c2F)c(F)c1F.O=C(c1c2ccccc2cc2ccccc12)c1sc2ccccc2[n+]1Cc1ccccc1. The van der Waals surface area contributed by atoms with Crippen molar-refractivity contribution < 1.29 is 97.2 Å². The Balaban J connectivity index is 0.000000197. The summed E-state index contributed by atoms with van der Waals surface area (Å²) in [6.45, 7) is 0.661. The molecule has 9 aromatic carbocycles. The van der Waals surface area contributed by atoms with Gasteiger partial charge in [-0.05, 0) is 33.7 Å². The zero-order valence-corrected chi connectivity index (χ0v) is 38.3. The highest BCUT2D eigenvalue weighted by Crippen LogP contribution is 2.34. The van der Waals surface area contributed by atoms with Crippen LogP contribution in [-0.4, -0.2) is 11.9 Å². The number of hydrogen-bond donors (Lipinski definition) is 0. The second-order valence-electron chi connectivity index (χ2n) is 16.8. The second kappa shape index (κ2) is 20.0. The number of benzene rings is 9. The van der Waals surface area contributed by atoms with Gasteiger partial charge in [-0.1, -0.05) is 102 Å². The fourth-order valence-corrected chi connectivity index (χ4v) is 10.5. The molecule has 1 aromatic heterocycles. The Morgan fingerprint density at radius 2 is 0.662 bits per heavy atom. The smallest absolute Gasteiger partial charge is 0.281 e. The molecule has 0 radical (unpaired) electrons. The first-order chi connectivity index (χ1) is 36.5. The average Bonchev–Trinajstić information content (AvgIpc) is 3.94. The molecular weight excluding hydrogens is 1090 g/mol. The van der Waals surface area contributed by atoms with Crippen LogP contribution < -0.4 is 26.4 Å². The molecule has 0 amide bonds. The molecule has 0 bridgehead atoms. The van der Waals surface area contributed by atoms with Gasteiger partial charge >= 0.3 is 5.01 Å². The Hall–Kier alpha value is -8.28. The maximum atomic E-state index is 15.4. The lowest BCUT2D eigenvalue weighted by molar-refractivity contribution is -0.659. The number of fused-ring (bicyclic) bond motifs is 3. The van der Waals surface area contributed by atoms with Crippen molar-refractivity contribution in [2.24, 2.45) is 0 Å². The van der Waals surface area contributed by atoms with Crippen LogP contribution in [0.4, 0.5) is 87.8 Å². The highest BCUT2D eigenvalue weighted by Gasteiger charge is 2.52. The van der Waals surface area contributed by atoms with Crippen LogP contribution in [0, 0.1) is 116 Å². The quantitative estimate of drug-likeness (QED) is 0.0283. The van der Waals surface area contributed by atoms with Gasteiger partial charge in [-0.2, -0.15) is 4.57 Å². The second-order valence-corrected chi connectivity index (χ2v) is 17.8.